The Morgan fingerprint density at radius 3 is 2.68 bits per heavy atom. The third kappa shape index (κ3) is 2.29. The van der Waals surface area contributed by atoms with Crippen molar-refractivity contribution in [1.29, 1.82) is 0 Å². The highest BCUT2D eigenvalue weighted by molar-refractivity contribution is 5.49. The number of nitrogens with zero attached hydrogens (tertiary/aromatic N) is 1. The lowest BCUT2D eigenvalue weighted by atomic mass is 9.90. The maximum atomic E-state index is 10.5. The molecule has 1 N–H and O–H groups in total. The molecular weight excluding hydrogens is 242 g/mol. The molecule has 1 atom stereocenters. The summed E-state index contributed by atoms with van der Waals surface area (Å²) in [4.78, 5) is 10.5. The molecule has 0 radical (unpaired) electrons. The lowest BCUT2D eigenvalue weighted by Gasteiger charge is -2.25. The van der Waals surface area contributed by atoms with Gasteiger partial charge in [0.05, 0.1) is 6.61 Å². The quantitative estimate of drug-likeness (QED) is 0.835. The number of fused-ring (bicyclic) bond motifs is 1. The highest BCUT2D eigenvalue weighted by Gasteiger charge is 2.21. The highest BCUT2D eigenvalue weighted by Crippen LogP contribution is 2.35. The first-order valence-corrected chi connectivity index (χ1v) is 6.14. The molecule has 2 aromatic carbocycles. The molecule has 0 bridgehead atoms. The van der Waals surface area contributed by atoms with Crippen LogP contribution in [0.1, 0.15) is 17.0 Å². The first-order valence-electron chi connectivity index (χ1n) is 6.14. The Morgan fingerprint density at radius 2 is 1.95 bits per heavy atom. The van der Waals surface area contributed by atoms with E-state index in [0.717, 1.165) is 23.3 Å². The van der Waals surface area contributed by atoms with Crippen LogP contribution in [0.4, 0.5) is 5.69 Å². The van der Waals surface area contributed by atoms with Gasteiger partial charge in [0.25, 0.3) is 0 Å². The molecule has 0 aliphatic carbocycles. The number of ether oxygens (including phenoxy) is 1. The Balaban J connectivity index is 1.86. The fourth-order valence-electron chi connectivity index (χ4n) is 2.38. The monoisotopic (exact) mass is 255 g/mol. The van der Waals surface area contributed by atoms with Crippen molar-refractivity contribution in [1.82, 2.24) is 0 Å². The average molecular weight is 255 g/mol. The summed E-state index contributed by atoms with van der Waals surface area (Å²) in [7, 11) is 0. The van der Waals surface area contributed by atoms with Gasteiger partial charge in [0, 0.05) is 12.0 Å². The van der Waals surface area contributed by atoms with Gasteiger partial charge in [0.2, 0.25) is 0 Å². The fraction of sp³-hybridized carbons (Fsp3) is 0.200. The predicted molar refractivity (Wildman–Crippen MR) is 71.9 cm³/mol. The number of rotatable bonds is 2. The largest absolute Gasteiger partial charge is 0.508 e. The molecule has 4 heteroatoms. The van der Waals surface area contributed by atoms with Gasteiger partial charge in [0.1, 0.15) is 17.2 Å². The topological polar surface area (TPSA) is 58.9 Å². The minimum atomic E-state index is 0.266. The summed E-state index contributed by atoms with van der Waals surface area (Å²) < 4.78 is 5.70. The van der Waals surface area contributed by atoms with E-state index in [9.17, 15) is 10.0 Å². The zero-order valence-corrected chi connectivity index (χ0v) is 10.2. The van der Waals surface area contributed by atoms with Crippen molar-refractivity contribution in [3.63, 3.8) is 0 Å². The maximum absolute atomic E-state index is 10.5. The molecule has 0 aromatic heterocycles. The predicted octanol–water partition coefficient (Wildman–Crippen LogP) is 3.51. The summed E-state index contributed by atoms with van der Waals surface area (Å²) in [6.45, 7) is 0.570. The molecule has 1 aliphatic rings. The zero-order valence-electron chi connectivity index (χ0n) is 10.2. The van der Waals surface area contributed by atoms with Crippen LogP contribution in [0.2, 0.25) is 0 Å². The molecular formula is C15H13NO3. The number of aromatic hydroxyl groups is 1. The summed E-state index contributed by atoms with van der Waals surface area (Å²) in [5, 5.41) is 12.2. The number of benzene rings is 2. The average Bonchev–Trinajstić information content (AvgIpc) is 2.47. The van der Waals surface area contributed by atoms with Gasteiger partial charge in [-0.2, -0.15) is 0 Å². The van der Waals surface area contributed by atoms with Crippen LogP contribution in [0, 0.1) is 4.91 Å². The molecule has 0 unspecified atom stereocenters. The van der Waals surface area contributed by atoms with Gasteiger partial charge < -0.3 is 9.84 Å². The Morgan fingerprint density at radius 1 is 1.16 bits per heavy atom. The second-order valence-corrected chi connectivity index (χ2v) is 4.69. The van der Waals surface area contributed by atoms with Crippen LogP contribution in [-0.4, -0.2) is 11.7 Å². The van der Waals surface area contributed by atoms with Crippen LogP contribution in [0.15, 0.2) is 47.6 Å². The number of phenols is 1. The molecule has 96 valence electrons. The third-order valence-corrected chi connectivity index (χ3v) is 3.43. The third-order valence-electron chi connectivity index (χ3n) is 3.43. The van der Waals surface area contributed by atoms with E-state index in [-0.39, 0.29) is 11.7 Å². The van der Waals surface area contributed by atoms with Crippen LogP contribution < -0.4 is 4.74 Å². The number of phenolic OH excluding ortho intramolecular Hbond substituents is 1. The lowest BCUT2D eigenvalue weighted by Crippen LogP contribution is -2.18. The molecule has 2 aromatic rings. The van der Waals surface area contributed by atoms with Crippen LogP contribution >= 0.6 is 0 Å². The first-order chi connectivity index (χ1) is 9.26. The normalized spacial score (nSPS) is 17.4. The molecule has 1 heterocycles. The second-order valence-electron chi connectivity index (χ2n) is 4.69. The van der Waals surface area contributed by atoms with Gasteiger partial charge in [-0.25, -0.2) is 0 Å². The Bertz CT molecular complexity index is 607. The van der Waals surface area contributed by atoms with Crippen LogP contribution in [0.25, 0.3) is 0 Å². The Hall–Kier alpha value is -2.36. The van der Waals surface area contributed by atoms with Crippen LogP contribution in [0.5, 0.6) is 11.5 Å². The summed E-state index contributed by atoms with van der Waals surface area (Å²) >= 11 is 0. The van der Waals surface area contributed by atoms with E-state index in [0.29, 0.717) is 12.3 Å². The summed E-state index contributed by atoms with van der Waals surface area (Å²) in [6, 6.07) is 12.5. The molecule has 3 rings (SSSR count). The molecule has 1 aliphatic heterocycles. The van der Waals surface area contributed by atoms with Gasteiger partial charge >= 0.3 is 0 Å². The van der Waals surface area contributed by atoms with E-state index < -0.39 is 0 Å². The maximum Gasteiger partial charge on any atom is 0.124 e. The van der Waals surface area contributed by atoms with Gasteiger partial charge in [-0.1, -0.05) is 18.2 Å². The first kappa shape index (κ1) is 11.7. The van der Waals surface area contributed by atoms with Gasteiger partial charge in [-0.3, -0.25) is 0 Å². The van der Waals surface area contributed by atoms with E-state index in [2.05, 4.69) is 5.18 Å². The summed E-state index contributed by atoms with van der Waals surface area (Å²) in [5.74, 6) is 1.28. The molecule has 0 amide bonds. The molecule has 0 saturated carbocycles. The second kappa shape index (κ2) is 4.72. The van der Waals surface area contributed by atoms with E-state index in [1.165, 1.54) is 0 Å². The SMILES string of the molecule is O=Nc1ccc2c(c1)OC[C@H](c1ccc(O)cc1)C2. The standard InChI is InChI=1S/C15H13NO3/c17-14-5-2-10(3-6-14)12-7-11-1-4-13(16-18)8-15(11)19-9-12/h1-6,8,12,17H,7,9H2/t12-/m1/s1. The van der Waals surface area contributed by atoms with Crippen molar-refractivity contribution < 1.29 is 9.84 Å². The van der Waals surface area contributed by atoms with Gasteiger partial charge in [-0.15, -0.1) is 4.91 Å². The minimum Gasteiger partial charge on any atom is -0.508 e. The number of nitroso groups, excluding NO2 is 1. The fourth-order valence-corrected chi connectivity index (χ4v) is 2.38. The molecule has 4 nitrogen and oxygen atoms in total. The van der Waals surface area contributed by atoms with E-state index in [1.54, 1.807) is 24.3 Å². The molecule has 0 saturated heterocycles. The van der Waals surface area contributed by atoms with Crippen LogP contribution in [-0.2, 0) is 6.42 Å². The van der Waals surface area contributed by atoms with E-state index in [4.69, 9.17) is 4.74 Å². The minimum absolute atomic E-state index is 0.266. The molecule has 0 fully saturated rings. The lowest BCUT2D eigenvalue weighted by molar-refractivity contribution is 0.262. The van der Waals surface area contributed by atoms with Crippen molar-refractivity contribution in [3.05, 3.63) is 58.5 Å². The van der Waals surface area contributed by atoms with Gasteiger partial charge in [0.15, 0.2) is 0 Å². The van der Waals surface area contributed by atoms with Crippen molar-refractivity contribution in [3.8, 4) is 11.5 Å². The molecule has 19 heavy (non-hydrogen) atoms. The number of hydrogen-bond acceptors (Lipinski definition) is 4. The van der Waals surface area contributed by atoms with Crippen molar-refractivity contribution >= 4 is 5.69 Å². The summed E-state index contributed by atoms with van der Waals surface area (Å²) in [6.07, 6.45) is 0.860. The smallest absolute Gasteiger partial charge is 0.124 e. The van der Waals surface area contributed by atoms with Gasteiger partial charge in [-0.05, 0) is 40.9 Å². The Labute approximate surface area is 110 Å². The van der Waals surface area contributed by atoms with Crippen molar-refractivity contribution in [2.24, 2.45) is 5.18 Å². The van der Waals surface area contributed by atoms with E-state index >= 15 is 0 Å². The zero-order chi connectivity index (χ0) is 13.2. The van der Waals surface area contributed by atoms with Crippen LogP contribution in [0.3, 0.4) is 0 Å². The Kier molecular flexibility index (Phi) is 2.91. The van der Waals surface area contributed by atoms with Crippen molar-refractivity contribution in [2.45, 2.75) is 12.3 Å². The van der Waals surface area contributed by atoms with E-state index in [1.807, 2.05) is 18.2 Å². The highest BCUT2D eigenvalue weighted by atomic mass is 16.5. The molecule has 0 spiro atoms. The number of hydrogen-bond donors (Lipinski definition) is 1. The summed E-state index contributed by atoms with van der Waals surface area (Å²) in [5.41, 5.74) is 2.61. The van der Waals surface area contributed by atoms with Crippen molar-refractivity contribution in [2.75, 3.05) is 6.61 Å².